The molecule has 2 bridgehead atoms. The molecule has 0 aromatic heterocycles. The Balaban J connectivity index is 1.61. The van der Waals surface area contributed by atoms with E-state index in [4.69, 9.17) is 16.4 Å². The van der Waals surface area contributed by atoms with E-state index in [9.17, 15) is 9.59 Å². The zero-order valence-electron chi connectivity index (χ0n) is 18.3. The molecule has 0 spiro atoms. The predicted molar refractivity (Wildman–Crippen MR) is 122 cm³/mol. The Labute approximate surface area is 187 Å². The number of nitrogens with one attached hydrogen (secondary N) is 1. The Hall–Kier alpha value is -2.66. The summed E-state index contributed by atoms with van der Waals surface area (Å²) in [5.74, 6) is -0.531. The maximum absolute atomic E-state index is 13.6. The van der Waals surface area contributed by atoms with E-state index in [-0.39, 0.29) is 16.7 Å². The van der Waals surface area contributed by atoms with Crippen molar-refractivity contribution < 1.29 is 14.4 Å². The summed E-state index contributed by atoms with van der Waals surface area (Å²) in [6, 6.07) is 14.3. The third kappa shape index (κ3) is 3.18. The first-order valence-corrected chi connectivity index (χ1v) is 10.9. The average Bonchev–Trinajstić information content (AvgIpc) is 3.06. The molecule has 4 rings (SSSR count). The van der Waals surface area contributed by atoms with Crippen molar-refractivity contribution in [3.8, 4) is 0 Å². The summed E-state index contributed by atoms with van der Waals surface area (Å²) in [5, 5.41) is 8.01. The summed E-state index contributed by atoms with van der Waals surface area (Å²) in [7, 11) is 0. The minimum atomic E-state index is -0.630. The van der Waals surface area contributed by atoms with Crippen LogP contribution in [0.3, 0.4) is 0 Å². The molecule has 31 heavy (non-hydrogen) atoms. The summed E-state index contributed by atoms with van der Waals surface area (Å²) >= 11 is 6.24. The van der Waals surface area contributed by atoms with Crippen molar-refractivity contribution in [3.63, 3.8) is 0 Å². The van der Waals surface area contributed by atoms with E-state index < -0.39 is 11.4 Å². The van der Waals surface area contributed by atoms with Gasteiger partial charge in [0, 0.05) is 22.5 Å². The quantitative estimate of drug-likeness (QED) is 0.469. The lowest BCUT2D eigenvalue weighted by atomic mass is 9.64. The first kappa shape index (κ1) is 21.6. The Bertz CT molecular complexity index is 1080. The van der Waals surface area contributed by atoms with E-state index in [1.807, 2.05) is 31.2 Å². The van der Waals surface area contributed by atoms with Crippen LogP contribution in [-0.2, 0) is 9.63 Å². The van der Waals surface area contributed by atoms with Crippen molar-refractivity contribution >= 4 is 34.9 Å². The standard InChI is InChI=1S/C25H27ClN2O3/c1-16-18(26)11-8-12-19(16)27-22(30)25-14-13-24(4,23(25,2)3)20(15-25)28-31-21(29)17-9-6-5-7-10-17/h5-12H,13-15H2,1-4H3,(H,27,30). The van der Waals surface area contributed by atoms with Gasteiger partial charge in [0.15, 0.2) is 0 Å². The van der Waals surface area contributed by atoms with Crippen molar-refractivity contribution in [2.75, 3.05) is 5.32 Å². The van der Waals surface area contributed by atoms with Crippen LogP contribution < -0.4 is 5.32 Å². The first-order chi connectivity index (χ1) is 14.6. The molecule has 1 N–H and O–H groups in total. The van der Waals surface area contributed by atoms with Crippen LogP contribution in [0.25, 0.3) is 0 Å². The number of carbonyl (C=O) groups is 2. The van der Waals surface area contributed by atoms with Crippen LogP contribution in [0.1, 0.15) is 56.0 Å². The van der Waals surface area contributed by atoms with E-state index in [0.29, 0.717) is 17.0 Å². The number of nitrogens with zero attached hydrogens (tertiary/aromatic N) is 1. The normalized spacial score (nSPS) is 27.3. The highest BCUT2D eigenvalue weighted by Gasteiger charge is 2.71. The minimum absolute atomic E-state index is 0.0359. The van der Waals surface area contributed by atoms with Gasteiger partial charge in [-0.3, -0.25) is 4.79 Å². The van der Waals surface area contributed by atoms with Crippen LogP contribution >= 0.6 is 11.6 Å². The fourth-order valence-electron chi connectivity index (χ4n) is 5.23. The number of rotatable bonds is 4. The molecule has 162 valence electrons. The number of anilines is 1. The van der Waals surface area contributed by atoms with E-state index >= 15 is 0 Å². The Morgan fingerprint density at radius 3 is 2.45 bits per heavy atom. The maximum Gasteiger partial charge on any atom is 0.365 e. The number of carbonyl (C=O) groups excluding carboxylic acids is 2. The minimum Gasteiger partial charge on any atom is -0.325 e. The van der Waals surface area contributed by atoms with Gasteiger partial charge in [-0.15, -0.1) is 0 Å². The predicted octanol–water partition coefficient (Wildman–Crippen LogP) is 6.02. The molecule has 0 aliphatic heterocycles. The summed E-state index contributed by atoms with van der Waals surface area (Å²) < 4.78 is 0. The van der Waals surface area contributed by atoms with Crippen molar-refractivity contribution in [3.05, 3.63) is 64.7 Å². The van der Waals surface area contributed by atoms with E-state index in [2.05, 4.69) is 31.2 Å². The average molecular weight is 439 g/mol. The summed E-state index contributed by atoms with van der Waals surface area (Å²) in [4.78, 5) is 31.3. The zero-order chi connectivity index (χ0) is 22.4. The van der Waals surface area contributed by atoms with Gasteiger partial charge in [0.25, 0.3) is 0 Å². The maximum atomic E-state index is 13.6. The second-order valence-corrected chi connectivity index (χ2v) is 9.77. The molecule has 6 heteroatoms. The number of hydrogen-bond acceptors (Lipinski definition) is 4. The molecule has 5 nitrogen and oxygen atoms in total. The topological polar surface area (TPSA) is 67.8 Å². The molecule has 2 atom stereocenters. The molecule has 0 radical (unpaired) electrons. The number of hydrogen-bond donors (Lipinski definition) is 1. The van der Waals surface area contributed by atoms with Gasteiger partial charge >= 0.3 is 5.97 Å². The highest BCUT2D eigenvalue weighted by molar-refractivity contribution is 6.31. The van der Waals surface area contributed by atoms with Gasteiger partial charge < -0.3 is 10.2 Å². The van der Waals surface area contributed by atoms with Gasteiger partial charge in [-0.05, 0) is 55.0 Å². The van der Waals surface area contributed by atoms with Crippen molar-refractivity contribution in [2.45, 2.75) is 47.0 Å². The first-order valence-electron chi connectivity index (χ1n) is 10.5. The molecule has 2 saturated carbocycles. The molecular weight excluding hydrogens is 412 g/mol. The molecule has 2 aromatic carbocycles. The molecule has 2 aliphatic rings. The fraction of sp³-hybridized carbons (Fsp3) is 0.400. The van der Waals surface area contributed by atoms with Crippen LogP contribution in [-0.4, -0.2) is 17.6 Å². The Kier molecular flexibility index (Phi) is 5.21. The molecule has 0 heterocycles. The van der Waals surface area contributed by atoms with Crippen molar-refractivity contribution in [1.29, 1.82) is 0 Å². The second kappa shape index (κ2) is 7.49. The number of oxime groups is 1. The third-order valence-electron chi connectivity index (χ3n) is 7.93. The summed E-state index contributed by atoms with van der Waals surface area (Å²) in [6.07, 6.45) is 2.03. The molecule has 1 amide bonds. The van der Waals surface area contributed by atoms with Gasteiger partial charge in [0.05, 0.1) is 16.7 Å². The van der Waals surface area contributed by atoms with Crippen LogP contribution in [0.4, 0.5) is 5.69 Å². The van der Waals surface area contributed by atoms with Crippen LogP contribution in [0.15, 0.2) is 53.7 Å². The number of fused-ring (bicyclic) bond motifs is 2. The van der Waals surface area contributed by atoms with E-state index in [0.717, 1.165) is 29.8 Å². The molecular formula is C25H27ClN2O3. The lowest BCUT2D eigenvalue weighted by Gasteiger charge is -2.39. The van der Waals surface area contributed by atoms with E-state index in [1.54, 1.807) is 24.3 Å². The number of benzene rings is 2. The molecule has 2 aromatic rings. The van der Waals surface area contributed by atoms with Crippen LogP contribution in [0, 0.1) is 23.2 Å². The van der Waals surface area contributed by atoms with Crippen molar-refractivity contribution in [2.24, 2.45) is 21.4 Å². The van der Waals surface area contributed by atoms with Crippen molar-refractivity contribution in [1.82, 2.24) is 0 Å². The van der Waals surface area contributed by atoms with Crippen LogP contribution in [0.2, 0.25) is 5.02 Å². The zero-order valence-corrected chi connectivity index (χ0v) is 19.0. The Morgan fingerprint density at radius 2 is 1.74 bits per heavy atom. The molecule has 0 saturated heterocycles. The highest BCUT2D eigenvalue weighted by Crippen LogP contribution is 2.71. The second-order valence-electron chi connectivity index (χ2n) is 9.37. The molecule has 2 unspecified atom stereocenters. The monoisotopic (exact) mass is 438 g/mol. The lowest BCUT2D eigenvalue weighted by Crippen LogP contribution is -2.43. The van der Waals surface area contributed by atoms with Gasteiger partial charge in [0.2, 0.25) is 5.91 Å². The molecule has 2 fully saturated rings. The summed E-state index contributed by atoms with van der Waals surface area (Å²) in [5.41, 5.74) is 1.47. The van der Waals surface area contributed by atoms with Crippen LogP contribution in [0.5, 0.6) is 0 Å². The van der Waals surface area contributed by atoms with Gasteiger partial charge in [-0.2, -0.15) is 0 Å². The number of amides is 1. The van der Waals surface area contributed by atoms with Gasteiger partial charge in [0.1, 0.15) is 0 Å². The smallest absolute Gasteiger partial charge is 0.325 e. The molecule has 2 aliphatic carbocycles. The third-order valence-corrected chi connectivity index (χ3v) is 8.34. The lowest BCUT2D eigenvalue weighted by molar-refractivity contribution is -0.130. The SMILES string of the molecule is Cc1c(Cl)cccc1NC(=O)C12CCC(C)(C(=NOC(=O)c3ccccc3)C1)C2(C)C. The highest BCUT2D eigenvalue weighted by atomic mass is 35.5. The van der Waals surface area contributed by atoms with Gasteiger partial charge in [-0.1, -0.05) is 61.8 Å². The Morgan fingerprint density at radius 1 is 1.03 bits per heavy atom. The van der Waals surface area contributed by atoms with Gasteiger partial charge in [-0.25, -0.2) is 4.79 Å². The fourth-order valence-corrected chi connectivity index (χ4v) is 5.41. The van der Waals surface area contributed by atoms with E-state index in [1.165, 1.54) is 0 Å². The largest absolute Gasteiger partial charge is 0.365 e. The number of halogens is 1. The summed E-state index contributed by atoms with van der Waals surface area (Å²) in [6.45, 7) is 8.25.